The summed E-state index contributed by atoms with van der Waals surface area (Å²) in [5.74, 6) is -0.967. The second kappa shape index (κ2) is 5.82. The predicted molar refractivity (Wildman–Crippen MR) is 72.1 cm³/mol. The zero-order chi connectivity index (χ0) is 14.6. The summed E-state index contributed by atoms with van der Waals surface area (Å²) in [6, 6.07) is 1.33. The van der Waals surface area contributed by atoms with Crippen molar-refractivity contribution in [3.8, 4) is 0 Å². The molecule has 104 valence electrons. The van der Waals surface area contributed by atoms with E-state index in [0.29, 0.717) is 12.5 Å². The standard InChI is InChI=1S/C14H20N2O3/c1-9(2)14(3,4)8-16-12(17)10-5-11(13(18)19)7-15-6-10/h5-7,9H,8H2,1-4H3,(H,16,17)(H,18,19). The lowest BCUT2D eigenvalue weighted by Gasteiger charge is -2.29. The number of carboxylic acid groups (broad SMARTS) is 1. The van der Waals surface area contributed by atoms with Crippen molar-refractivity contribution in [3.05, 3.63) is 29.6 Å². The van der Waals surface area contributed by atoms with Crippen molar-refractivity contribution in [3.63, 3.8) is 0 Å². The Kier molecular flexibility index (Phi) is 4.64. The molecule has 0 aliphatic rings. The van der Waals surface area contributed by atoms with Crippen LogP contribution in [-0.4, -0.2) is 28.5 Å². The minimum atomic E-state index is -1.09. The summed E-state index contributed by atoms with van der Waals surface area (Å²) >= 11 is 0. The second-order valence-corrected chi connectivity index (χ2v) is 5.59. The number of rotatable bonds is 5. The molecule has 0 aliphatic carbocycles. The number of aromatic carboxylic acids is 1. The van der Waals surface area contributed by atoms with E-state index in [1.165, 1.54) is 18.5 Å². The van der Waals surface area contributed by atoms with E-state index < -0.39 is 5.97 Å². The van der Waals surface area contributed by atoms with Crippen LogP contribution in [0.3, 0.4) is 0 Å². The molecular weight excluding hydrogens is 244 g/mol. The van der Waals surface area contributed by atoms with E-state index in [2.05, 4.69) is 38.0 Å². The molecule has 0 aliphatic heterocycles. The van der Waals surface area contributed by atoms with E-state index in [1.807, 2.05) is 0 Å². The Labute approximate surface area is 113 Å². The highest BCUT2D eigenvalue weighted by atomic mass is 16.4. The van der Waals surface area contributed by atoms with Crippen LogP contribution in [0.5, 0.6) is 0 Å². The van der Waals surface area contributed by atoms with Gasteiger partial charge < -0.3 is 10.4 Å². The average molecular weight is 264 g/mol. The van der Waals surface area contributed by atoms with E-state index in [-0.39, 0.29) is 22.4 Å². The summed E-state index contributed by atoms with van der Waals surface area (Å²) in [7, 11) is 0. The van der Waals surface area contributed by atoms with Gasteiger partial charge in [0.2, 0.25) is 0 Å². The van der Waals surface area contributed by atoms with Gasteiger partial charge in [0.15, 0.2) is 0 Å². The minimum Gasteiger partial charge on any atom is -0.478 e. The fraction of sp³-hybridized carbons (Fsp3) is 0.500. The van der Waals surface area contributed by atoms with Crippen molar-refractivity contribution in [1.29, 1.82) is 0 Å². The van der Waals surface area contributed by atoms with Gasteiger partial charge in [-0.05, 0) is 17.4 Å². The van der Waals surface area contributed by atoms with Gasteiger partial charge in [-0.15, -0.1) is 0 Å². The van der Waals surface area contributed by atoms with Crippen LogP contribution in [0, 0.1) is 11.3 Å². The SMILES string of the molecule is CC(C)C(C)(C)CNC(=O)c1cncc(C(=O)O)c1. The second-order valence-electron chi connectivity index (χ2n) is 5.59. The first-order valence-electron chi connectivity index (χ1n) is 6.20. The van der Waals surface area contributed by atoms with Crippen LogP contribution in [0.25, 0.3) is 0 Å². The number of aromatic nitrogens is 1. The van der Waals surface area contributed by atoms with Crippen molar-refractivity contribution in [2.45, 2.75) is 27.7 Å². The Bertz CT molecular complexity index is 481. The maximum atomic E-state index is 11.9. The van der Waals surface area contributed by atoms with E-state index in [0.717, 1.165) is 0 Å². The highest BCUT2D eigenvalue weighted by molar-refractivity contribution is 5.96. The lowest BCUT2D eigenvalue weighted by atomic mass is 9.81. The number of pyridine rings is 1. The normalized spacial score (nSPS) is 11.4. The van der Waals surface area contributed by atoms with Gasteiger partial charge in [-0.3, -0.25) is 9.78 Å². The summed E-state index contributed by atoms with van der Waals surface area (Å²) in [5.41, 5.74) is 0.253. The molecule has 0 fully saturated rings. The van der Waals surface area contributed by atoms with Crippen LogP contribution in [0.15, 0.2) is 18.5 Å². The van der Waals surface area contributed by atoms with Gasteiger partial charge >= 0.3 is 5.97 Å². The van der Waals surface area contributed by atoms with Gasteiger partial charge in [0.25, 0.3) is 5.91 Å². The summed E-state index contributed by atoms with van der Waals surface area (Å²) in [6.45, 7) is 8.87. The quantitative estimate of drug-likeness (QED) is 0.854. The van der Waals surface area contributed by atoms with Gasteiger partial charge in [0.05, 0.1) is 11.1 Å². The highest BCUT2D eigenvalue weighted by Crippen LogP contribution is 2.24. The predicted octanol–water partition coefficient (Wildman–Crippen LogP) is 2.19. The number of amides is 1. The average Bonchev–Trinajstić information content (AvgIpc) is 2.36. The largest absolute Gasteiger partial charge is 0.478 e. The third-order valence-electron chi connectivity index (χ3n) is 3.51. The number of carbonyl (C=O) groups is 2. The van der Waals surface area contributed by atoms with Gasteiger partial charge in [-0.2, -0.15) is 0 Å². The molecular formula is C14H20N2O3. The molecule has 1 rings (SSSR count). The first kappa shape index (κ1) is 15.1. The van der Waals surface area contributed by atoms with Crippen molar-refractivity contribution in [1.82, 2.24) is 10.3 Å². The van der Waals surface area contributed by atoms with Crippen molar-refractivity contribution < 1.29 is 14.7 Å². The van der Waals surface area contributed by atoms with Gasteiger partial charge in [0, 0.05) is 18.9 Å². The third-order valence-corrected chi connectivity index (χ3v) is 3.51. The first-order valence-corrected chi connectivity index (χ1v) is 6.20. The van der Waals surface area contributed by atoms with Crippen LogP contribution in [0.4, 0.5) is 0 Å². The molecule has 5 heteroatoms. The summed E-state index contributed by atoms with van der Waals surface area (Å²) in [5, 5.41) is 11.7. The van der Waals surface area contributed by atoms with Crippen LogP contribution >= 0.6 is 0 Å². The van der Waals surface area contributed by atoms with Crippen molar-refractivity contribution in [2.24, 2.45) is 11.3 Å². The Morgan fingerprint density at radius 2 is 1.89 bits per heavy atom. The molecule has 2 N–H and O–H groups in total. The summed E-state index contributed by atoms with van der Waals surface area (Å²) in [6.07, 6.45) is 2.58. The Balaban J connectivity index is 2.74. The monoisotopic (exact) mass is 264 g/mol. The maximum absolute atomic E-state index is 11.9. The van der Waals surface area contributed by atoms with Gasteiger partial charge in [-0.25, -0.2) is 4.79 Å². The highest BCUT2D eigenvalue weighted by Gasteiger charge is 2.23. The van der Waals surface area contributed by atoms with E-state index in [1.54, 1.807) is 0 Å². The number of nitrogens with one attached hydrogen (secondary N) is 1. The lowest BCUT2D eigenvalue weighted by molar-refractivity contribution is 0.0696. The Morgan fingerprint density at radius 3 is 2.42 bits per heavy atom. The van der Waals surface area contributed by atoms with Crippen LogP contribution in [0.1, 0.15) is 48.4 Å². The van der Waals surface area contributed by atoms with E-state index in [4.69, 9.17) is 5.11 Å². The van der Waals surface area contributed by atoms with E-state index >= 15 is 0 Å². The molecule has 0 saturated heterocycles. The molecule has 0 spiro atoms. The van der Waals surface area contributed by atoms with E-state index in [9.17, 15) is 9.59 Å². The molecule has 0 atom stereocenters. The summed E-state index contributed by atoms with van der Waals surface area (Å²) in [4.78, 5) is 26.5. The zero-order valence-electron chi connectivity index (χ0n) is 11.7. The maximum Gasteiger partial charge on any atom is 0.337 e. The molecule has 5 nitrogen and oxygen atoms in total. The fourth-order valence-corrected chi connectivity index (χ4v) is 1.30. The fourth-order valence-electron chi connectivity index (χ4n) is 1.30. The number of hydrogen-bond donors (Lipinski definition) is 2. The van der Waals surface area contributed by atoms with Crippen LogP contribution in [0.2, 0.25) is 0 Å². The molecule has 0 bridgehead atoms. The molecule has 19 heavy (non-hydrogen) atoms. The molecule has 0 radical (unpaired) electrons. The molecule has 0 unspecified atom stereocenters. The zero-order valence-corrected chi connectivity index (χ0v) is 11.7. The van der Waals surface area contributed by atoms with Crippen molar-refractivity contribution in [2.75, 3.05) is 6.54 Å². The van der Waals surface area contributed by atoms with Crippen LogP contribution < -0.4 is 5.32 Å². The third kappa shape index (κ3) is 4.05. The van der Waals surface area contributed by atoms with Crippen molar-refractivity contribution >= 4 is 11.9 Å². The van der Waals surface area contributed by atoms with Gasteiger partial charge in [0.1, 0.15) is 0 Å². The number of carboxylic acids is 1. The smallest absolute Gasteiger partial charge is 0.337 e. The number of hydrogen-bond acceptors (Lipinski definition) is 3. The van der Waals surface area contributed by atoms with Gasteiger partial charge in [-0.1, -0.05) is 27.7 Å². The summed E-state index contributed by atoms with van der Waals surface area (Å²) < 4.78 is 0. The molecule has 1 heterocycles. The first-order chi connectivity index (χ1) is 8.74. The molecule has 1 aromatic rings. The minimum absolute atomic E-state index is 0.00997. The molecule has 0 saturated carbocycles. The topological polar surface area (TPSA) is 79.3 Å². The Morgan fingerprint density at radius 1 is 1.32 bits per heavy atom. The number of nitrogens with zero attached hydrogens (tertiary/aromatic N) is 1. The Hall–Kier alpha value is -1.91. The molecule has 0 aromatic carbocycles. The molecule has 1 amide bonds. The van der Waals surface area contributed by atoms with Crippen LogP contribution in [-0.2, 0) is 0 Å². The molecule has 1 aromatic heterocycles. The number of carbonyl (C=O) groups excluding carboxylic acids is 1. The lowest BCUT2D eigenvalue weighted by Crippen LogP contribution is -2.37.